The van der Waals surface area contributed by atoms with E-state index in [2.05, 4.69) is 10.1 Å². The van der Waals surface area contributed by atoms with Crippen LogP contribution >= 0.6 is 0 Å². The van der Waals surface area contributed by atoms with Crippen molar-refractivity contribution in [3.63, 3.8) is 0 Å². The summed E-state index contributed by atoms with van der Waals surface area (Å²) in [6.45, 7) is -0.0364. The molecule has 0 saturated heterocycles. The number of esters is 2. The molecule has 1 amide bonds. The lowest BCUT2D eigenvalue weighted by Gasteiger charge is -2.07. The molecule has 126 valence electrons. The molecule has 0 spiro atoms. The van der Waals surface area contributed by atoms with Crippen LogP contribution in [0.4, 0.5) is 0 Å². The van der Waals surface area contributed by atoms with E-state index in [-0.39, 0.29) is 19.0 Å². The first-order chi connectivity index (χ1) is 11.6. The van der Waals surface area contributed by atoms with Crippen molar-refractivity contribution in [3.05, 3.63) is 48.0 Å². The number of hydrogen-bond donors (Lipinski definition) is 1. The number of ether oxygens (including phenoxy) is 2. The molecule has 2 rings (SSSR count). The molecule has 0 aliphatic rings. The van der Waals surface area contributed by atoms with Crippen molar-refractivity contribution in [1.29, 1.82) is 0 Å². The van der Waals surface area contributed by atoms with Gasteiger partial charge in [0.2, 0.25) is 0 Å². The molecule has 0 atom stereocenters. The van der Waals surface area contributed by atoms with Crippen LogP contribution < -0.4 is 5.32 Å². The van der Waals surface area contributed by atoms with Crippen LogP contribution in [0.25, 0.3) is 10.8 Å². The Labute approximate surface area is 139 Å². The Morgan fingerprint density at radius 2 is 1.79 bits per heavy atom. The fourth-order valence-corrected chi connectivity index (χ4v) is 2.14. The van der Waals surface area contributed by atoms with Crippen LogP contribution in [0.5, 0.6) is 0 Å². The van der Waals surface area contributed by atoms with Gasteiger partial charge in [0.15, 0.2) is 6.61 Å². The summed E-state index contributed by atoms with van der Waals surface area (Å²) in [6, 6.07) is 12.9. The topological polar surface area (TPSA) is 81.7 Å². The lowest BCUT2D eigenvalue weighted by atomic mass is 10.1. The van der Waals surface area contributed by atoms with E-state index >= 15 is 0 Å². The van der Waals surface area contributed by atoms with Crippen LogP contribution in [0.3, 0.4) is 0 Å². The lowest BCUT2D eigenvalue weighted by Crippen LogP contribution is -2.29. The van der Waals surface area contributed by atoms with Crippen molar-refractivity contribution in [2.45, 2.75) is 12.8 Å². The van der Waals surface area contributed by atoms with E-state index in [1.165, 1.54) is 7.11 Å². The Kier molecular flexibility index (Phi) is 6.31. The van der Waals surface area contributed by atoms with Crippen LogP contribution in [0.2, 0.25) is 0 Å². The van der Waals surface area contributed by atoms with E-state index in [0.29, 0.717) is 18.5 Å². The molecule has 0 heterocycles. The molecule has 0 fully saturated rings. The molecule has 1 N–H and O–H groups in total. The molecule has 0 aliphatic carbocycles. The minimum Gasteiger partial charge on any atom is -0.469 e. The molecule has 0 unspecified atom stereocenters. The number of methoxy groups -OCH3 is 1. The maximum Gasteiger partial charge on any atom is 0.338 e. The van der Waals surface area contributed by atoms with E-state index in [4.69, 9.17) is 4.74 Å². The molecule has 0 aliphatic heterocycles. The molecule has 24 heavy (non-hydrogen) atoms. The largest absolute Gasteiger partial charge is 0.469 e. The number of nitrogens with one attached hydrogen (secondary N) is 1. The summed E-state index contributed by atoms with van der Waals surface area (Å²) in [5.41, 5.74) is 0.396. The van der Waals surface area contributed by atoms with Gasteiger partial charge in [-0.1, -0.05) is 30.3 Å². The van der Waals surface area contributed by atoms with Gasteiger partial charge in [0.05, 0.1) is 12.7 Å². The van der Waals surface area contributed by atoms with E-state index in [1.807, 2.05) is 30.3 Å². The maximum atomic E-state index is 12.0. The zero-order valence-electron chi connectivity index (χ0n) is 13.4. The summed E-state index contributed by atoms with van der Waals surface area (Å²) < 4.78 is 9.49. The van der Waals surface area contributed by atoms with E-state index in [9.17, 15) is 14.4 Å². The molecular formula is C18H19NO5. The second-order valence-corrected chi connectivity index (χ2v) is 5.17. The van der Waals surface area contributed by atoms with Gasteiger partial charge in [0, 0.05) is 13.0 Å². The Bertz CT molecular complexity index is 741. The monoisotopic (exact) mass is 329 g/mol. The standard InChI is InChI=1S/C18H19NO5/c1-23-17(21)7-4-10-19-16(20)12-24-18(22)15-9-8-13-5-2-3-6-14(13)11-15/h2-3,5-6,8-9,11H,4,7,10,12H2,1H3,(H,19,20). The zero-order valence-corrected chi connectivity index (χ0v) is 13.4. The van der Waals surface area contributed by atoms with Crippen LogP contribution in [0.1, 0.15) is 23.2 Å². The number of fused-ring (bicyclic) bond motifs is 1. The highest BCUT2D eigenvalue weighted by Gasteiger charge is 2.10. The third-order valence-electron chi connectivity index (χ3n) is 3.43. The number of amides is 1. The lowest BCUT2D eigenvalue weighted by molar-refractivity contribution is -0.140. The van der Waals surface area contributed by atoms with Gasteiger partial charge < -0.3 is 14.8 Å². The van der Waals surface area contributed by atoms with Crippen LogP contribution in [0, 0.1) is 0 Å². The van der Waals surface area contributed by atoms with Crippen molar-refractivity contribution in [3.8, 4) is 0 Å². The zero-order chi connectivity index (χ0) is 17.4. The normalized spacial score (nSPS) is 10.2. The Hall–Kier alpha value is -2.89. The van der Waals surface area contributed by atoms with Crippen molar-refractivity contribution < 1.29 is 23.9 Å². The summed E-state index contributed by atoms with van der Waals surface area (Å²) in [4.78, 5) is 34.5. The average Bonchev–Trinajstić information content (AvgIpc) is 2.62. The molecule has 6 nitrogen and oxygen atoms in total. The third-order valence-corrected chi connectivity index (χ3v) is 3.43. The minimum atomic E-state index is -0.550. The first kappa shape index (κ1) is 17.5. The number of hydrogen-bond acceptors (Lipinski definition) is 5. The Morgan fingerprint density at radius 3 is 2.54 bits per heavy atom. The highest BCUT2D eigenvalue weighted by Crippen LogP contribution is 2.16. The third kappa shape index (κ3) is 5.08. The molecular weight excluding hydrogens is 310 g/mol. The summed E-state index contributed by atoms with van der Waals surface area (Å²) in [7, 11) is 1.31. The van der Waals surface area contributed by atoms with Gasteiger partial charge in [-0.3, -0.25) is 9.59 Å². The van der Waals surface area contributed by atoms with Gasteiger partial charge in [0.1, 0.15) is 0 Å². The van der Waals surface area contributed by atoms with Crippen molar-refractivity contribution in [1.82, 2.24) is 5.32 Å². The van der Waals surface area contributed by atoms with Crippen LogP contribution in [-0.2, 0) is 19.1 Å². The predicted molar refractivity (Wildman–Crippen MR) is 88.5 cm³/mol. The van der Waals surface area contributed by atoms with Crippen molar-refractivity contribution >= 4 is 28.6 Å². The van der Waals surface area contributed by atoms with E-state index < -0.39 is 11.9 Å². The van der Waals surface area contributed by atoms with E-state index in [1.54, 1.807) is 12.1 Å². The molecule has 6 heteroatoms. The van der Waals surface area contributed by atoms with Gasteiger partial charge in [-0.15, -0.1) is 0 Å². The molecule has 2 aromatic rings. The average molecular weight is 329 g/mol. The maximum absolute atomic E-state index is 12.0. The quantitative estimate of drug-likeness (QED) is 0.621. The van der Waals surface area contributed by atoms with Gasteiger partial charge in [0.25, 0.3) is 5.91 Å². The Morgan fingerprint density at radius 1 is 1.04 bits per heavy atom. The fraction of sp³-hybridized carbons (Fsp3) is 0.278. The second-order valence-electron chi connectivity index (χ2n) is 5.17. The molecule has 0 saturated carbocycles. The van der Waals surface area contributed by atoms with Gasteiger partial charge >= 0.3 is 11.9 Å². The summed E-state index contributed by atoms with van der Waals surface area (Å²) >= 11 is 0. The highest BCUT2D eigenvalue weighted by atomic mass is 16.5. The number of carbonyl (C=O) groups excluding carboxylic acids is 3. The number of carbonyl (C=O) groups is 3. The summed E-state index contributed by atoms with van der Waals surface area (Å²) in [6.07, 6.45) is 0.699. The minimum absolute atomic E-state index is 0.230. The SMILES string of the molecule is COC(=O)CCCNC(=O)COC(=O)c1ccc2ccccc2c1. The van der Waals surface area contributed by atoms with Crippen molar-refractivity contribution in [2.24, 2.45) is 0 Å². The highest BCUT2D eigenvalue weighted by molar-refractivity contribution is 5.96. The molecule has 0 aromatic heterocycles. The van der Waals surface area contributed by atoms with Gasteiger partial charge in [-0.25, -0.2) is 4.79 Å². The van der Waals surface area contributed by atoms with Crippen LogP contribution in [-0.4, -0.2) is 38.1 Å². The first-order valence-electron chi connectivity index (χ1n) is 7.59. The molecule has 2 aromatic carbocycles. The molecule has 0 bridgehead atoms. The van der Waals surface area contributed by atoms with E-state index in [0.717, 1.165) is 10.8 Å². The summed E-state index contributed by atoms with van der Waals surface area (Å²) in [5, 5.41) is 4.53. The predicted octanol–water partition coefficient (Wildman–Crippen LogP) is 2.07. The van der Waals surface area contributed by atoms with Gasteiger partial charge in [-0.2, -0.15) is 0 Å². The Balaban J connectivity index is 1.77. The van der Waals surface area contributed by atoms with Crippen molar-refractivity contribution in [2.75, 3.05) is 20.3 Å². The number of rotatable bonds is 7. The van der Waals surface area contributed by atoms with Gasteiger partial charge in [-0.05, 0) is 29.3 Å². The molecule has 0 radical (unpaired) electrons. The summed E-state index contributed by atoms with van der Waals surface area (Å²) in [5.74, 6) is -1.29. The number of benzene rings is 2. The van der Waals surface area contributed by atoms with Crippen LogP contribution in [0.15, 0.2) is 42.5 Å². The second kappa shape index (κ2) is 8.67. The fourth-order valence-electron chi connectivity index (χ4n) is 2.14. The first-order valence-corrected chi connectivity index (χ1v) is 7.59. The smallest absolute Gasteiger partial charge is 0.338 e.